The van der Waals surface area contributed by atoms with Gasteiger partial charge in [0.1, 0.15) is 0 Å². The lowest BCUT2D eigenvalue weighted by atomic mass is 10.3. The summed E-state index contributed by atoms with van der Waals surface area (Å²) in [5, 5.41) is 32.1. The zero-order valence-corrected chi connectivity index (χ0v) is 11.7. The monoisotopic (exact) mass is 315 g/mol. The second-order valence-corrected chi connectivity index (χ2v) is 5.65. The van der Waals surface area contributed by atoms with Crippen LogP contribution in [0.25, 0.3) is 0 Å². The number of hydrogen-bond donors (Lipinski definition) is 0. The molecule has 0 saturated carbocycles. The van der Waals surface area contributed by atoms with E-state index in [1.165, 1.54) is 13.8 Å². The van der Waals surface area contributed by atoms with Crippen molar-refractivity contribution < 1.29 is 28.4 Å². The van der Waals surface area contributed by atoms with Crippen molar-refractivity contribution >= 4 is 7.60 Å². The van der Waals surface area contributed by atoms with Crippen LogP contribution in [0.15, 0.2) is 0 Å². The van der Waals surface area contributed by atoms with E-state index < -0.39 is 40.7 Å². The quantitative estimate of drug-likeness (QED) is 0.248. The van der Waals surface area contributed by atoms with E-state index in [4.69, 9.17) is 9.05 Å². The molecule has 0 atom stereocenters. The van der Waals surface area contributed by atoms with Gasteiger partial charge < -0.3 is 9.05 Å². The summed E-state index contributed by atoms with van der Waals surface area (Å²) in [7, 11) is -3.85. The van der Waals surface area contributed by atoms with Gasteiger partial charge in [-0.3, -0.25) is 34.9 Å². The lowest BCUT2D eigenvalue weighted by Crippen LogP contribution is -2.53. The molecule has 0 fully saturated rings. The van der Waals surface area contributed by atoms with Gasteiger partial charge in [0, 0.05) is 0 Å². The van der Waals surface area contributed by atoms with Crippen molar-refractivity contribution in [2.75, 3.05) is 19.4 Å². The molecule has 0 rings (SSSR count). The molecule has 0 aromatic rings. The number of hydrogen-bond acceptors (Lipinski definition) is 9. The molecule has 0 aliphatic carbocycles. The largest absolute Gasteiger partial charge is 0.700 e. The first-order valence-corrected chi connectivity index (χ1v) is 7.20. The van der Waals surface area contributed by atoms with E-state index in [1.807, 2.05) is 0 Å². The van der Waals surface area contributed by atoms with E-state index in [2.05, 4.69) is 0 Å². The zero-order chi connectivity index (χ0) is 16.0. The number of nitro groups is 3. The van der Waals surface area contributed by atoms with Gasteiger partial charge in [-0.2, -0.15) is 0 Å². The van der Waals surface area contributed by atoms with Gasteiger partial charge in [-0.15, -0.1) is 0 Å². The lowest BCUT2D eigenvalue weighted by molar-refractivity contribution is -0.969. The third-order valence-electron chi connectivity index (χ3n) is 2.25. The second kappa shape index (κ2) is 7.22. The smallest absolute Gasteiger partial charge is 0.309 e. The van der Waals surface area contributed by atoms with Crippen molar-refractivity contribution in [3.05, 3.63) is 30.3 Å². The normalized spacial score (nSPS) is 12.1. The minimum Gasteiger partial charge on any atom is -0.309 e. The summed E-state index contributed by atoms with van der Waals surface area (Å²) in [6, 6.07) is 0. The van der Waals surface area contributed by atoms with E-state index in [0.717, 1.165) is 0 Å². The summed E-state index contributed by atoms with van der Waals surface area (Å²) < 4.78 is 21.6. The summed E-state index contributed by atoms with van der Waals surface area (Å²) in [4.78, 5) is 27.2. The van der Waals surface area contributed by atoms with Crippen LogP contribution in [0.1, 0.15) is 20.3 Å². The van der Waals surface area contributed by atoms with Crippen molar-refractivity contribution in [2.24, 2.45) is 0 Å². The van der Waals surface area contributed by atoms with Crippen molar-refractivity contribution in [1.82, 2.24) is 0 Å². The maximum atomic E-state index is 12.0. The van der Waals surface area contributed by atoms with Crippen LogP contribution in [-0.4, -0.2) is 39.9 Å². The predicted molar refractivity (Wildman–Crippen MR) is 64.1 cm³/mol. The first kappa shape index (κ1) is 18.4. The third-order valence-corrected chi connectivity index (χ3v) is 4.32. The van der Waals surface area contributed by atoms with Crippen molar-refractivity contribution in [2.45, 2.75) is 26.1 Å². The lowest BCUT2D eigenvalue weighted by Gasteiger charge is -2.17. The fourth-order valence-corrected chi connectivity index (χ4v) is 3.01. The van der Waals surface area contributed by atoms with Gasteiger partial charge in [0.05, 0.1) is 19.4 Å². The van der Waals surface area contributed by atoms with Crippen molar-refractivity contribution in [3.63, 3.8) is 0 Å². The van der Waals surface area contributed by atoms with Crippen LogP contribution in [0.5, 0.6) is 0 Å². The van der Waals surface area contributed by atoms with Crippen LogP contribution in [0, 0.1) is 30.3 Å². The number of rotatable bonds is 10. The highest BCUT2D eigenvalue weighted by atomic mass is 31.2. The van der Waals surface area contributed by atoms with Crippen LogP contribution in [-0.2, 0) is 13.6 Å². The maximum Gasteiger partial charge on any atom is 0.700 e. The molecule has 20 heavy (non-hydrogen) atoms. The highest BCUT2D eigenvalue weighted by Crippen LogP contribution is 2.49. The van der Waals surface area contributed by atoms with E-state index >= 15 is 0 Å². The molecule has 0 bridgehead atoms. The van der Waals surface area contributed by atoms with Crippen molar-refractivity contribution in [3.8, 4) is 0 Å². The Morgan fingerprint density at radius 3 is 1.55 bits per heavy atom. The first-order chi connectivity index (χ1) is 9.16. The highest BCUT2D eigenvalue weighted by Gasteiger charge is 2.70. The summed E-state index contributed by atoms with van der Waals surface area (Å²) in [6.07, 6.45) is -2.02. The third kappa shape index (κ3) is 3.92. The molecule has 0 N–H and O–H groups in total. The predicted octanol–water partition coefficient (Wildman–Crippen LogP) is 1.13. The van der Waals surface area contributed by atoms with E-state index in [0.29, 0.717) is 0 Å². The highest BCUT2D eigenvalue weighted by molar-refractivity contribution is 7.53. The number of nitrogens with zero attached hydrogens (tertiary/aromatic N) is 3. The van der Waals surface area contributed by atoms with Crippen LogP contribution in [0.4, 0.5) is 0 Å². The zero-order valence-electron chi connectivity index (χ0n) is 10.8. The molecule has 13 heteroatoms. The first-order valence-electron chi connectivity index (χ1n) is 5.48. The van der Waals surface area contributed by atoms with Gasteiger partial charge in [-0.25, -0.2) is 0 Å². The molecule has 0 unspecified atom stereocenters. The standard InChI is InChI=1S/C7H14N3O9P/c1-3-18-20(17,19-4-2)6-5-7(8(11)12,9(13)14)10(15)16/h3-6H2,1-2H3. The van der Waals surface area contributed by atoms with Gasteiger partial charge in [-0.1, -0.05) is 0 Å². The molecule has 0 saturated heterocycles. The Morgan fingerprint density at radius 1 is 0.950 bits per heavy atom. The Morgan fingerprint density at radius 2 is 1.30 bits per heavy atom. The molecule has 0 radical (unpaired) electrons. The molecule has 0 aliphatic rings. The summed E-state index contributed by atoms with van der Waals surface area (Å²) in [5.74, 6) is -3.66. The Bertz CT molecular complexity index is 393. The summed E-state index contributed by atoms with van der Waals surface area (Å²) in [5.41, 5.74) is 0. The van der Waals surface area contributed by atoms with E-state index in [1.54, 1.807) is 0 Å². The molecule has 0 spiro atoms. The fraction of sp³-hybridized carbons (Fsp3) is 1.00. The van der Waals surface area contributed by atoms with Crippen molar-refractivity contribution in [1.29, 1.82) is 0 Å². The molecule has 0 heterocycles. The average molecular weight is 315 g/mol. The Labute approximate surface area is 113 Å². The van der Waals surface area contributed by atoms with E-state index in [-0.39, 0.29) is 13.2 Å². The van der Waals surface area contributed by atoms with E-state index in [9.17, 15) is 34.9 Å². The Balaban J connectivity index is 5.29. The fourth-order valence-electron chi connectivity index (χ4n) is 1.32. The molecule has 12 nitrogen and oxygen atoms in total. The summed E-state index contributed by atoms with van der Waals surface area (Å²) in [6.45, 7) is 2.79. The topological polar surface area (TPSA) is 165 Å². The van der Waals surface area contributed by atoms with Crippen LogP contribution in [0.2, 0.25) is 0 Å². The maximum absolute atomic E-state index is 12.0. The minimum absolute atomic E-state index is 0.0698. The molecule has 0 aromatic heterocycles. The van der Waals surface area contributed by atoms with Crippen LogP contribution < -0.4 is 0 Å². The average Bonchev–Trinajstić information content (AvgIpc) is 2.28. The Hall–Kier alpha value is -1.65. The molecule has 0 aromatic carbocycles. The summed E-state index contributed by atoms with van der Waals surface area (Å²) >= 11 is 0. The molecular formula is C7H14N3O9P. The SMILES string of the molecule is CCOP(=O)(CCC([N+](=O)[O-])([N+](=O)[O-])[N+](=O)[O-])OCC. The van der Waals surface area contributed by atoms with Crippen LogP contribution >= 0.6 is 7.60 Å². The van der Waals surface area contributed by atoms with Gasteiger partial charge in [0.25, 0.3) is 0 Å². The molecule has 116 valence electrons. The molecular weight excluding hydrogens is 301 g/mol. The minimum atomic E-state index is -3.85. The van der Waals surface area contributed by atoms with Gasteiger partial charge in [0.15, 0.2) is 21.2 Å². The second-order valence-electron chi connectivity index (χ2n) is 3.47. The van der Waals surface area contributed by atoms with Gasteiger partial charge in [0.2, 0.25) is 0 Å². The molecule has 0 amide bonds. The molecule has 0 aliphatic heterocycles. The van der Waals surface area contributed by atoms with Gasteiger partial charge in [-0.05, 0) is 13.8 Å². The van der Waals surface area contributed by atoms with Gasteiger partial charge >= 0.3 is 13.4 Å². The Kier molecular flexibility index (Phi) is 6.62. The van der Waals surface area contributed by atoms with Crippen LogP contribution in [0.3, 0.4) is 0 Å².